The number of rotatable bonds is 11. The zero-order valence-corrected chi connectivity index (χ0v) is 14.8. The highest BCUT2D eigenvalue weighted by Gasteiger charge is 2.19. The lowest BCUT2D eigenvalue weighted by Gasteiger charge is -2.22. The summed E-state index contributed by atoms with van der Waals surface area (Å²) in [6.45, 7) is 12.5. The number of thioether (sulfide) groups is 1. The van der Waals surface area contributed by atoms with E-state index in [9.17, 15) is 4.79 Å². The maximum atomic E-state index is 11.0. The van der Waals surface area contributed by atoms with Crippen LogP contribution in [0.2, 0.25) is 0 Å². The van der Waals surface area contributed by atoms with E-state index in [1.54, 1.807) is 0 Å². The Morgan fingerprint density at radius 1 is 1.16 bits per heavy atom. The second kappa shape index (κ2) is 12.1. The molecule has 0 radical (unpaired) electrons. The second-order valence-electron chi connectivity index (χ2n) is 4.80. The molecule has 0 aromatic rings. The molecule has 0 bridgehead atoms. The largest absolute Gasteiger partial charge is 0.378 e. The Bertz CT molecular complexity index is 232. The van der Waals surface area contributed by atoms with Gasteiger partial charge in [-0.2, -0.15) is 4.67 Å². The van der Waals surface area contributed by atoms with Crippen LogP contribution < -0.4 is 0 Å². The van der Waals surface area contributed by atoms with Crippen molar-refractivity contribution in [3.63, 3.8) is 0 Å². The summed E-state index contributed by atoms with van der Waals surface area (Å²) in [4.78, 5) is 11.0. The van der Waals surface area contributed by atoms with Gasteiger partial charge in [-0.15, -0.1) is 0 Å². The van der Waals surface area contributed by atoms with Gasteiger partial charge in [-0.05, 0) is 27.7 Å². The molecule has 0 fully saturated rings. The van der Waals surface area contributed by atoms with Crippen molar-refractivity contribution in [3.8, 4) is 0 Å². The molecule has 0 aromatic heterocycles. The first kappa shape index (κ1) is 19.3. The van der Waals surface area contributed by atoms with Crippen molar-refractivity contribution >= 4 is 25.8 Å². The first-order valence-electron chi connectivity index (χ1n) is 6.94. The average Bonchev–Trinajstić information content (AvgIpc) is 2.35. The lowest BCUT2D eigenvalue weighted by atomic mass is 10.3. The lowest BCUT2D eigenvalue weighted by molar-refractivity contribution is -0.110. The fraction of sp³-hybridized carbons (Fsp3) is 0.923. The van der Waals surface area contributed by atoms with E-state index >= 15 is 0 Å². The minimum Gasteiger partial charge on any atom is -0.378 e. The summed E-state index contributed by atoms with van der Waals surface area (Å²) in [7, 11) is -0.123. The Balaban J connectivity index is 3.42. The van der Waals surface area contributed by atoms with Crippen LogP contribution in [0.1, 0.15) is 41.0 Å². The summed E-state index contributed by atoms with van der Waals surface area (Å²) in [5.74, 6) is 0.740. The smallest absolute Gasteiger partial charge is 0.190 e. The van der Waals surface area contributed by atoms with Crippen molar-refractivity contribution in [2.75, 3.05) is 25.6 Å². The Morgan fingerprint density at radius 2 is 1.79 bits per heavy atom. The molecular formula is C13H29NO3PS+. The molecule has 0 aliphatic rings. The summed E-state index contributed by atoms with van der Waals surface area (Å²) in [6.07, 6.45) is 0.595. The van der Waals surface area contributed by atoms with E-state index in [0.717, 1.165) is 5.75 Å². The number of carbonyl (C=O) groups is 1. The van der Waals surface area contributed by atoms with Gasteiger partial charge in [-0.1, -0.05) is 18.7 Å². The van der Waals surface area contributed by atoms with Crippen LogP contribution in [0.25, 0.3) is 0 Å². The van der Waals surface area contributed by atoms with Crippen LogP contribution in [0.3, 0.4) is 0 Å². The van der Waals surface area contributed by atoms with E-state index < -0.39 is 0 Å². The molecule has 1 unspecified atom stereocenters. The highest BCUT2D eigenvalue weighted by Crippen LogP contribution is 2.25. The van der Waals surface area contributed by atoms with E-state index in [4.69, 9.17) is 9.26 Å². The molecule has 0 rings (SSSR count). The van der Waals surface area contributed by atoms with Gasteiger partial charge in [0.05, 0.1) is 13.2 Å². The molecule has 4 nitrogen and oxygen atoms in total. The van der Waals surface area contributed by atoms with Crippen LogP contribution in [0.4, 0.5) is 0 Å². The highest BCUT2D eigenvalue weighted by molar-refractivity contribution is 8.13. The van der Waals surface area contributed by atoms with Crippen molar-refractivity contribution in [2.45, 2.75) is 53.1 Å². The van der Waals surface area contributed by atoms with Crippen LogP contribution in [0, 0.1) is 0 Å². The van der Waals surface area contributed by atoms with Gasteiger partial charge in [-0.25, -0.2) is 4.52 Å². The molecule has 6 heteroatoms. The van der Waals surface area contributed by atoms with E-state index in [0.29, 0.717) is 38.3 Å². The molecule has 19 heavy (non-hydrogen) atoms. The van der Waals surface area contributed by atoms with Crippen molar-refractivity contribution in [3.05, 3.63) is 0 Å². The van der Waals surface area contributed by atoms with Crippen LogP contribution >= 0.6 is 20.7 Å². The van der Waals surface area contributed by atoms with Crippen LogP contribution in [0.15, 0.2) is 0 Å². The predicted octanol–water partition coefficient (Wildman–Crippen LogP) is 3.05. The van der Waals surface area contributed by atoms with E-state index in [1.807, 2.05) is 6.92 Å². The molecule has 0 spiro atoms. The number of nitrogens with zero attached hydrogens (tertiary/aromatic N) is 1. The highest BCUT2D eigenvalue weighted by atomic mass is 32.2. The predicted molar refractivity (Wildman–Crippen MR) is 86.3 cm³/mol. The molecule has 0 aliphatic heterocycles. The average molecular weight is 310 g/mol. The molecule has 0 aliphatic carbocycles. The van der Waals surface area contributed by atoms with Crippen LogP contribution in [-0.2, 0) is 14.1 Å². The van der Waals surface area contributed by atoms with Crippen molar-refractivity contribution in [1.82, 2.24) is 4.67 Å². The SMILES string of the molecule is CCC(=O)SCCOCCO[PH2+]N(C(C)C)C(C)C. The van der Waals surface area contributed by atoms with E-state index in [-0.39, 0.29) is 14.1 Å². The quantitative estimate of drug-likeness (QED) is 0.433. The van der Waals surface area contributed by atoms with Gasteiger partial charge >= 0.3 is 0 Å². The standard InChI is InChI=1S/C13H28NO3PS/c1-6-13(15)19-10-9-16-7-8-17-18-14(11(2)3)12(4)5/h11-12,18H,6-10H2,1-5H3/p+1. The Kier molecular flexibility index (Phi) is 12.3. The Morgan fingerprint density at radius 3 is 2.32 bits per heavy atom. The summed E-state index contributed by atoms with van der Waals surface area (Å²) < 4.78 is 13.5. The molecule has 0 saturated carbocycles. The summed E-state index contributed by atoms with van der Waals surface area (Å²) in [6, 6.07) is 1.04. The molecule has 0 saturated heterocycles. The van der Waals surface area contributed by atoms with Crippen LogP contribution in [0.5, 0.6) is 0 Å². The van der Waals surface area contributed by atoms with Crippen molar-refractivity contribution in [1.29, 1.82) is 0 Å². The van der Waals surface area contributed by atoms with Gasteiger partial charge < -0.3 is 4.74 Å². The molecular weight excluding hydrogens is 281 g/mol. The molecule has 0 heterocycles. The zero-order valence-electron chi connectivity index (χ0n) is 12.8. The fourth-order valence-corrected chi connectivity index (χ4v) is 3.00. The first-order chi connectivity index (χ1) is 8.99. The second-order valence-corrected chi connectivity index (χ2v) is 7.09. The third-order valence-electron chi connectivity index (χ3n) is 2.51. The van der Waals surface area contributed by atoms with Gasteiger partial charge in [0.15, 0.2) is 14.1 Å². The molecule has 0 aromatic carbocycles. The zero-order chi connectivity index (χ0) is 14.7. The number of hydrogen-bond donors (Lipinski definition) is 0. The summed E-state index contributed by atoms with van der Waals surface area (Å²) in [5.41, 5.74) is 0. The van der Waals surface area contributed by atoms with Gasteiger partial charge in [0, 0.05) is 24.3 Å². The lowest BCUT2D eigenvalue weighted by Crippen LogP contribution is -2.29. The van der Waals surface area contributed by atoms with E-state index in [2.05, 4.69) is 32.4 Å². The molecule has 0 amide bonds. The van der Waals surface area contributed by atoms with Gasteiger partial charge in [0.2, 0.25) is 0 Å². The summed E-state index contributed by atoms with van der Waals surface area (Å²) in [5, 5.41) is 0.230. The van der Waals surface area contributed by atoms with Crippen molar-refractivity contribution < 1.29 is 14.1 Å². The number of carbonyl (C=O) groups excluding carboxylic acids is 1. The molecule has 0 N–H and O–H groups in total. The topological polar surface area (TPSA) is 38.8 Å². The first-order valence-corrected chi connectivity index (χ1v) is 8.92. The maximum Gasteiger partial charge on any atom is 0.190 e. The number of hydrogen-bond acceptors (Lipinski definition) is 5. The minimum absolute atomic E-state index is 0.123. The Labute approximate surface area is 123 Å². The Hall–Kier alpha value is 0.330. The van der Waals surface area contributed by atoms with Gasteiger partial charge in [0.1, 0.15) is 6.61 Å². The van der Waals surface area contributed by atoms with Crippen LogP contribution in [-0.4, -0.2) is 47.4 Å². The van der Waals surface area contributed by atoms with Gasteiger partial charge in [-0.3, -0.25) is 4.79 Å². The van der Waals surface area contributed by atoms with Gasteiger partial charge in [0.25, 0.3) is 0 Å². The fourth-order valence-electron chi connectivity index (χ4n) is 1.50. The molecule has 1 atom stereocenters. The third kappa shape index (κ3) is 10.7. The number of ether oxygens (including phenoxy) is 1. The summed E-state index contributed by atoms with van der Waals surface area (Å²) >= 11 is 1.35. The van der Waals surface area contributed by atoms with Crippen molar-refractivity contribution in [2.24, 2.45) is 0 Å². The minimum atomic E-state index is -0.123. The maximum absolute atomic E-state index is 11.0. The monoisotopic (exact) mass is 310 g/mol. The van der Waals surface area contributed by atoms with E-state index in [1.165, 1.54) is 11.8 Å². The third-order valence-corrected chi connectivity index (χ3v) is 5.32. The molecule has 114 valence electrons. The normalized spacial score (nSPS) is 12.4.